The average Bonchev–Trinajstić information content (AvgIpc) is 2.58. The number of hydrogen-bond donors (Lipinski definition) is 2. The van der Waals surface area contributed by atoms with Crippen molar-refractivity contribution < 1.29 is 9.84 Å². The van der Waals surface area contributed by atoms with Crippen molar-refractivity contribution in [3.05, 3.63) is 29.8 Å². The summed E-state index contributed by atoms with van der Waals surface area (Å²) >= 11 is 0. The molecular formula is C20H34IN3O2. The van der Waals surface area contributed by atoms with Gasteiger partial charge >= 0.3 is 0 Å². The summed E-state index contributed by atoms with van der Waals surface area (Å²) in [5, 5.41) is 13.0. The molecule has 0 radical (unpaired) electrons. The second-order valence-corrected chi connectivity index (χ2v) is 7.55. The quantitative estimate of drug-likeness (QED) is 0.297. The van der Waals surface area contributed by atoms with E-state index in [1.54, 1.807) is 0 Å². The number of para-hydroxylation sites is 1. The molecule has 0 atom stereocenters. The minimum absolute atomic E-state index is 0. The van der Waals surface area contributed by atoms with Gasteiger partial charge in [0.1, 0.15) is 12.4 Å². The largest absolute Gasteiger partial charge is 0.491 e. The topological polar surface area (TPSA) is 57.1 Å². The van der Waals surface area contributed by atoms with Crippen LogP contribution >= 0.6 is 24.0 Å². The highest BCUT2D eigenvalue weighted by molar-refractivity contribution is 14.0. The molecule has 1 fully saturated rings. The molecule has 6 heteroatoms. The van der Waals surface area contributed by atoms with Crippen molar-refractivity contribution in [2.75, 3.05) is 32.8 Å². The standard InChI is InChI=1S/C20H33N3O2.HI/c1-5-21-19(23-13-10-16(24)11-14-23)22-12-15-25-18-9-7-6-8-17(18)20(2,3)4;/h6-9,16,24H,5,10-15H2,1-4H3,(H,21,22);1H. The highest BCUT2D eigenvalue weighted by Crippen LogP contribution is 2.30. The van der Waals surface area contributed by atoms with Crippen LogP contribution in [0.2, 0.25) is 0 Å². The predicted molar refractivity (Wildman–Crippen MR) is 119 cm³/mol. The number of aliphatic imine (C=N–C) groups is 1. The van der Waals surface area contributed by atoms with E-state index in [0.29, 0.717) is 13.2 Å². The maximum Gasteiger partial charge on any atom is 0.194 e. The van der Waals surface area contributed by atoms with Gasteiger partial charge in [-0.15, -0.1) is 24.0 Å². The molecule has 1 aliphatic rings. The fraction of sp³-hybridized carbons (Fsp3) is 0.650. The fourth-order valence-electron chi connectivity index (χ4n) is 3.02. The Morgan fingerprint density at radius 2 is 1.92 bits per heavy atom. The minimum atomic E-state index is -0.170. The van der Waals surface area contributed by atoms with E-state index < -0.39 is 0 Å². The van der Waals surface area contributed by atoms with Gasteiger partial charge < -0.3 is 20.1 Å². The Labute approximate surface area is 175 Å². The smallest absolute Gasteiger partial charge is 0.194 e. The zero-order valence-electron chi connectivity index (χ0n) is 16.5. The summed E-state index contributed by atoms with van der Waals surface area (Å²) in [6.07, 6.45) is 1.44. The summed E-state index contributed by atoms with van der Waals surface area (Å²) in [7, 11) is 0. The lowest BCUT2D eigenvalue weighted by molar-refractivity contribution is 0.108. The summed E-state index contributed by atoms with van der Waals surface area (Å²) in [5.41, 5.74) is 1.28. The molecule has 0 saturated carbocycles. The van der Waals surface area contributed by atoms with Gasteiger partial charge in [-0.05, 0) is 36.8 Å². The zero-order valence-corrected chi connectivity index (χ0v) is 18.8. The van der Waals surface area contributed by atoms with E-state index >= 15 is 0 Å². The van der Waals surface area contributed by atoms with Crippen LogP contribution in [0.5, 0.6) is 5.75 Å². The molecule has 1 heterocycles. The van der Waals surface area contributed by atoms with Crippen LogP contribution in [0.3, 0.4) is 0 Å². The number of aliphatic hydroxyl groups is 1. The van der Waals surface area contributed by atoms with E-state index in [1.165, 1.54) is 5.56 Å². The predicted octanol–water partition coefficient (Wildman–Crippen LogP) is 3.40. The van der Waals surface area contributed by atoms with Gasteiger partial charge in [0.2, 0.25) is 0 Å². The molecule has 5 nitrogen and oxygen atoms in total. The Hall–Kier alpha value is -1.02. The van der Waals surface area contributed by atoms with Crippen molar-refractivity contribution in [1.82, 2.24) is 10.2 Å². The highest BCUT2D eigenvalue weighted by Gasteiger charge is 2.20. The number of aliphatic hydroxyl groups excluding tert-OH is 1. The number of hydrogen-bond acceptors (Lipinski definition) is 3. The van der Waals surface area contributed by atoms with E-state index in [1.807, 2.05) is 12.1 Å². The first kappa shape index (κ1) is 23.0. The zero-order chi connectivity index (χ0) is 18.3. The van der Waals surface area contributed by atoms with E-state index in [2.05, 4.69) is 50.0 Å². The summed E-state index contributed by atoms with van der Waals surface area (Å²) in [6, 6.07) is 8.22. The Kier molecular flexibility index (Phi) is 9.71. The molecular weight excluding hydrogens is 441 g/mol. The molecule has 0 amide bonds. The lowest BCUT2D eigenvalue weighted by atomic mass is 9.86. The monoisotopic (exact) mass is 475 g/mol. The lowest BCUT2D eigenvalue weighted by Gasteiger charge is -2.32. The highest BCUT2D eigenvalue weighted by atomic mass is 127. The minimum Gasteiger partial charge on any atom is -0.491 e. The first-order valence-corrected chi connectivity index (χ1v) is 9.35. The number of ether oxygens (including phenoxy) is 1. The van der Waals surface area contributed by atoms with Gasteiger partial charge in [-0.2, -0.15) is 0 Å². The Morgan fingerprint density at radius 1 is 1.27 bits per heavy atom. The van der Waals surface area contributed by atoms with Crippen molar-refractivity contribution in [3.8, 4) is 5.75 Å². The average molecular weight is 475 g/mol. The first-order valence-electron chi connectivity index (χ1n) is 9.35. The van der Waals surface area contributed by atoms with Gasteiger partial charge in [-0.25, -0.2) is 4.99 Å². The van der Waals surface area contributed by atoms with Crippen LogP contribution in [0.1, 0.15) is 46.1 Å². The second kappa shape index (κ2) is 11.0. The number of rotatable bonds is 5. The molecule has 148 valence electrons. The van der Waals surface area contributed by atoms with Gasteiger partial charge in [-0.3, -0.25) is 0 Å². The number of nitrogens with one attached hydrogen (secondary N) is 1. The first-order chi connectivity index (χ1) is 11.9. The lowest BCUT2D eigenvalue weighted by Crippen LogP contribution is -2.46. The molecule has 26 heavy (non-hydrogen) atoms. The van der Waals surface area contributed by atoms with E-state index in [4.69, 9.17) is 9.73 Å². The summed E-state index contributed by atoms with van der Waals surface area (Å²) in [4.78, 5) is 6.92. The third-order valence-corrected chi connectivity index (χ3v) is 4.40. The molecule has 1 saturated heterocycles. The van der Waals surface area contributed by atoms with Crippen LogP contribution in [0.15, 0.2) is 29.3 Å². The number of halogens is 1. The third-order valence-electron chi connectivity index (χ3n) is 4.40. The SMILES string of the molecule is CCNC(=NCCOc1ccccc1C(C)(C)C)N1CCC(O)CC1.I. The normalized spacial score (nSPS) is 16.2. The molecule has 2 rings (SSSR count). The molecule has 0 spiro atoms. The summed E-state index contributed by atoms with van der Waals surface area (Å²) in [5.74, 6) is 1.86. The molecule has 0 bridgehead atoms. The van der Waals surface area contributed by atoms with Crippen molar-refractivity contribution in [1.29, 1.82) is 0 Å². The molecule has 2 N–H and O–H groups in total. The summed E-state index contributed by atoms with van der Waals surface area (Å²) in [6.45, 7) is 12.4. The fourth-order valence-corrected chi connectivity index (χ4v) is 3.02. The number of guanidine groups is 1. The van der Waals surface area contributed by atoms with E-state index in [9.17, 15) is 5.11 Å². The van der Waals surface area contributed by atoms with Crippen LogP contribution in [-0.4, -0.2) is 54.9 Å². The van der Waals surface area contributed by atoms with Crippen LogP contribution in [-0.2, 0) is 5.41 Å². The Bertz CT molecular complexity index is 564. The number of benzene rings is 1. The Morgan fingerprint density at radius 3 is 2.54 bits per heavy atom. The molecule has 0 aromatic heterocycles. The van der Waals surface area contributed by atoms with Crippen LogP contribution < -0.4 is 10.1 Å². The van der Waals surface area contributed by atoms with Gasteiger partial charge in [0.25, 0.3) is 0 Å². The van der Waals surface area contributed by atoms with Crippen molar-refractivity contribution in [2.24, 2.45) is 4.99 Å². The number of piperidine rings is 1. The number of likely N-dealkylation sites (tertiary alicyclic amines) is 1. The number of nitrogens with zero attached hydrogens (tertiary/aromatic N) is 2. The van der Waals surface area contributed by atoms with Gasteiger partial charge in [0.15, 0.2) is 5.96 Å². The third kappa shape index (κ3) is 6.95. The maximum absolute atomic E-state index is 9.66. The van der Waals surface area contributed by atoms with Crippen molar-refractivity contribution >= 4 is 29.9 Å². The van der Waals surface area contributed by atoms with Crippen molar-refractivity contribution in [3.63, 3.8) is 0 Å². The van der Waals surface area contributed by atoms with Gasteiger partial charge in [0.05, 0.1) is 12.6 Å². The molecule has 1 aromatic carbocycles. The Balaban J connectivity index is 0.00000338. The van der Waals surface area contributed by atoms with Gasteiger partial charge in [-0.1, -0.05) is 39.0 Å². The molecule has 1 aromatic rings. The summed E-state index contributed by atoms with van der Waals surface area (Å²) < 4.78 is 6.00. The second-order valence-electron chi connectivity index (χ2n) is 7.55. The molecule has 0 unspecified atom stereocenters. The molecule has 0 aliphatic carbocycles. The van der Waals surface area contributed by atoms with E-state index in [0.717, 1.165) is 44.2 Å². The molecule has 1 aliphatic heterocycles. The van der Waals surface area contributed by atoms with Crippen molar-refractivity contribution in [2.45, 2.75) is 52.1 Å². The van der Waals surface area contributed by atoms with Crippen LogP contribution in [0.25, 0.3) is 0 Å². The van der Waals surface area contributed by atoms with Crippen LogP contribution in [0.4, 0.5) is 0 Å². The maximum atomic E-state index is 9.66. The van der Waals surface area contributed by atoms with Gasteiger partial charge in [0, 0.05) is 19.6 Å². The van der Waals surface area contributed by atoms with E-state index in [-0.39, 0.29) is 35.5 Å². The van der Waals surface area contributed by atoms with Crippen LogP contribution in [0, 0.1) is 0 Å².